The van der Waals surface area contributed by atoms with Crippen molar-refractivity contribution in [2.45, 2.75) is 32.2 Å². The Morgan fingerprint density at radius 2 is 1.80 bits per heavy atom. The lowest BCUT2D eigenvalue weighted by Gasteiger charge is -2.34. The Bertz CT molecular complexity index is 784. The average molecular weight is 339 g/mol. The van der Waals surface area contributed by atoms with Crippen molar-refractivity contribution in [2.24, 2.45) is 5.92 Å². The summed E-state index contributed by atoms with van der Waals surface area (Å²) in [7, 11) is 3.10. The highest BCUT2D eigenvalue weighted by Crippen LogP contribution is 2.51. The summed E-state index contributed by atoms with van der Waals surface area (Å²) in [4.78, 5) is 12.6. The Balaban J connectivity index is 2.06. The van der Waals surface area contributed by atoms with E-state index in [2.05, 4.69) is 44.3 Å². The number of hydrogen-bond donors (Lipinski definition) is 1. The van der Waals surface area contributed by atoms with Crippen molar-refractivity contribution in [3.63, 3.8) is 0 Å². The largest absolute Gasteiger partial charge is 0.497 e. The lowest BCUT2D eigenvalue weighted by atomic mass is 9.82. The number of carbonyl (C=O) groups is 1. The van der Waals surface area contributed by atoms with E-state index in [9.17, 15) is 4.79 Å². The second kappa shape index (κ2) is 6.43. The third-order valence-corrected chi connectivity index (χ3v) is 5.33. The minimum absolute atomic E-state index is 0.0816. The first-order valence-corrected chi connectivity index (χ1v) is 8.51. The van der Waals surface area contributed by atoms with E-state index in [0.717, 1.165) is 17.0 Å². The van der Waals surface area contributed by atoms with E-state index in [0.29, 0.717) is 0 Å². The topological polar surface area (TPSA) is 47.6 Å². The molecule has 0 aliphatic heterocycles. The van der Waals surface area contributed by atoms with Gasteiger partial charge in [0.05, 0.1) is 25.7 Å². The van der Waals surface area contributed by atoms with E-state index in [1.54, 1.807) is 7.11 Å². The van der Waals surface area contributed by atoms with Gasteiger partial charge in [-0.2, -0.15) is 0 Å². The summed E-state index contributed by atoms with van der Waals surface area (Å²) in [6, 6.07) is 14.2. The molecule has 0 radical (unpaired) electrons. The Morgan fingerprint density at radius 3 is 2.40 bits per heavy atom. The standard InChI is InChI=1S/C21H25NO3/c1-13-6-11-18-17(12-13)14(2)19(20(23)25-5)21(18,3)22-15-7-9-16(24-4)10-8-15/h6-12,14,19,22H,1-5H3/t14-,19+,21+/m0/s1. The SMILES string of the molecule is COC(=O)[C@H]1[C@@H](C)c2cc(C)ccc2[C@@]1(C)Nc1ccc(OC)cc1. The van der Waals surface area contributed by atoms with Gasteiger partial charge < -0.3 is 14.8 Å². The molecule has 0 aromatic heterocycles. The molecule has 1 N–H and O–H groups in total. The van der Waals surface area contributed by atoms with Crippen LogP contribution in [0.25, 0.3) is 0 Å². The van der Waals surface area contributed by atoms with Crippen molar-refractivity contribution >= 4 is 11.7 Å². The molecule has 0 amide bonds. The van der Waals surface area contributed by atoms with Gasteiger partial charge in [-0.3, -0.25) is 4.79 Å². The van der Waals surface area contributed by atoms with Gasteiger partial charge in [-0.05, 0) is 55.2 Å². The second-order valence-electron chi connectivity index (χ2n) is 6.94. The van der Waals surface area contributed by atoms with Crippen LogP contribution in [0.1, 0.15) is 36.5 Å². The highest BCUT2D eigenvalue weighted by atomic mass is 16.5. The second-order valence-corrected chi connectivity index (χ2v) is 6.94. The highest BCUT2D eigenvalue weighted by Gasteiger charge is 2.52. The first-order chi connectivity index (χ1) is 11.9. The van der Waals surface area contributed by atoms with Crippen molar-refractivity contribution in [1.29, 1.82) is 0 Å². The van der Waals surface area contributed by atoms with Gasteiger partial charge in [0, 0.05) is 5.69 Å². The monoisotopic (exact) mass is 339 g/mol. The number of ether oxygens (including phenoxy) is 2. The van der Waals surface area contributed by atoms with Gasteiger partial charge in [-0.15, -0.1) is 0 Å². The first kappa shape index (κ1) is 17.3. The van der Waals surface area contributed by atoms with Crippen LogP contribution in [-0.4, -0.2) is 20.2 Å². The number of nitrogens with one attached hydrogen (secondary N) is 1. The molecule has 0 bridgehead atoms. The fourth-order valence-electron chi connectivity index (χ4n) is 4.06. The molecule has 2 aromatic rings. The van der Waals surface area contributed by atoms with Crippen LogP contribution in [0, 0.1) is 12.8 Å². The van der Waals surface area contributed by atoms with Crippen molar-refractivity contribution in [3.05, 3.63) is 59.2 Å². The van der Waals surface area contributed by atoms with E-state index < -0.39 is 5.54 Å². The molecule has 0 saturated carbocycles. The Hall–Kier alpha value is -2.49. The van der Waals surface area contributed by atoms with Crippen molar-refractivity contribution in [2.75, 3.05) is 19.5 Å². The number of anilines is 1. The van der Waals surface area contributed by atoms with Gasteiger partial charge in [-0.1, -0.05) is 30.7 Å². The number of carbonyl (C=O) groups excluding carboxylic acids is 1. The van der Waals surface area contributed by atoms with Crippen LogP contribution in [0.5, 0.6) is 5.75 Å². The number of methoxy groups -OCH3 is 2. The van der Waals surface area contributed by atoms with Crippen LogP contribution in [0.15, 0.2) is 42.5 Å². The van der Waals surface area contributed by atoms with E-state index in [1.165, 1.54) is 18.2 Å². The molecule has 132 valence electrons. The lowest BCUT2D eigenvalue weighted by molar-refractivity contribution is -0.147. The quantitative estimate of drug-likeness (QED) is 0.847. The van der Waals surface area contributed by atoms with E-state index in [-0.39, 0.29) is 17.8 Å². The molecule has 25 heavy (non-hydrogen) atoms. The minimum atomic E-state index is -0.538. The number of aryl methyl sites for hydroxylation is 1. The van der Waals surface area contributed by atoms with Crippen LogP contribution in [0.4, 0.5) is 5.69 Å². The van der Waals surface area contributed by atoms with Gasteiger partial charge in [0.15, 0.2) is 0 Å². The Morgan fingerprint density at radius 1 is 1.12 bits per heavy atom. The van der Waals surface area contributed by atoms with Gasteiger partial charge in [-0.25, -0.2) is 0 Å². The molecule has 0 fully saturated rings. The van der Waals surface area contributed by atoms with Gasteiger partial charge >= 0.3 is 5.97 Å². The Kier molecular flexibility index (Phi) is 4.46. The molecule has 1 aliphatic carbocycles. The van der Waals surface area contributed by atoms with Gasteiger partial charge in [0.1, 0.15) is 5.75 Å². The first-order valence-electron chi connectivity index (χ1n) is 8.51. The van der Waals surface area contributed by atoms with Crippen LogP contribution in [0.3, 0.4) is 0 Å². The fourth-order valence-corrected chi connectivity index (χ4v) is 4.06. The number of hydrogen-bond acceptors (Lipinski definition) is 4. The molecule has 3 atom stereocenters. The molecule has 0 unspecified atom stereocenters. The maximum atomic E-state index is 12.6. The van der Waals surface area contributed by atoms with Gasteiger partial charge in [0.2, 0.25) is 0 Å². The number of benzene rings is 2. The normalized spacial score (nSPS) is 24.5. The average Bonchev–Trinajstić information content (AvgIpc) is 2.82. The third kappa shape index (κ3) is 2.86. The molecule has 1 aliphatic rings. The number of rotatable bonds is 4. The molecular formula is C21H25NO3. The summed E-state index contributed by atoms with van der Waals surface area (Å²) in [5.74, 6) is 0.399. The van der Waals surface area contributed by atoms with Crippen molar-refractivity contribution < 1.29 is 14.3 Å². The fraction of sp³-hybridized carbons (Fsp3) is 0.381. The maximum Gasteiger partial charge on any atom is 0.312 e. The van der Waals surface area contributed by atoms with Crippen LogP contribution in [-0.2, 0) is 15.1 Å². The van der Waals surface area contributed by atoms with E-state index in [1.807, 2.05) is 24.3 Å². The number of fused-ring (bicyclic) bond motifs is 1. The molecule has 0 saturated heterocycles. The summed E-state index contributed by atoms with van der Waals surface area (Å²) in [6.45, 7) is 6.25. The molecule has 4 heteroatoms. The maximum absolute atomic E-state index is 12.6. The molecule has 4 nitrogen and oxygen atoms in total. The lowest BCUT2D eigenvalue weighted by Crippen LogP contribution is -2.42. The summed E-state index contributed by atoms with van der Waals surface area (Å²) >= 11 is 0. The molecule has 2 aromatic carbocycles. The predicted octanol–water partition coefficient (Wildman–Crippen LogP) is 4.24. The summed E-state index contributed by atoms with van der Waals surface area (Å²) in [5, 5.41) is 3.58. The van der Waals surface area contributed by atoms with E-state index in [4.69, 9.17) is 9.47 Å². The third-order valence-electron chi connectivity index (χ3n) is 5.33. The van der Waals surface area contributed by atoms with Crippen LogP contribution >= 0.6 is 0 Å². The summed E-state index contributed by atoms with van der Waals surface area (Å²) < 4.78 is 10.4. The van der Waals surface area contributed by atoms with Crippen LogP contribution < -0.4 is 10.1 Å². The molecular weight excluding hydrogens is 314 g/mol. The summed E-state index contributed by atoms with van der Waals surface area (Å²) in [5.41, 5.74) is 3.96. The Labute approximate surface area is 149 Å². The van der Waals surface area contributed by atoms with Crippen molar-refractivity contribution in [3.8, 4) is 5.75 Å². The minimum Gasteiger partial charge on any atom is -0.497 e. The summed E-state index contributed by atoms with van der Waals surface area (Å²) in [6.07, 6.45) is 0. The van der Waals surface area contributed by atoms with Crippen molar-refractivity contribution in [1.82, 2.24) is 0 Å². The molecule has 3 rings (SSSR count). The molecule has 0 heterocycles. The van der Waals surface area contributed by atoms with Crippen LogP contribution in [0.2, 0.25) is 0 Å². The smallest absolute Gasteiger partial charge is 0.312 e. The number of esters is 1. The molecule has 0 spiro atoms. The zero-order valence-corrected chi connectivity index (χ0v) is 15.4. The zero-order valence-electron chi connectivity index (χ0n) is 15.4. The van der Waals surface area contributed by atoms with Gasteiger partial charge in [0.25, 0.3) is 0 Å². The predicted molar refractivity (Wildman–Crippen MR) is 99.1 cm³/mol. The highest BCUT2D eigenvalue weighted by molar-refractivity contribution is 5.79. The van der Waals surface area contributed by atoms with E-state index >= 15 is 0 Å². The zero-order chi connectivity index (χ0) is 18.2.